The summed E-state index contributed by atoms with van der Waals surface area (Å²) in [4.78, 5) is 8.78. The normalized spacial score (nSPS) is 36.5. The third kappa shape index (κ3) is 3.64. The Balaban J connectivity index is 0.000000320. The molecule has 35 heavy (non-hydrogen) atoms. The highest BCUT2D eigenvalue weighted by Crippen LogP contribution is 2.67. The lowest BCUT2D eigenvalue weighted by Gasteiger charge is -2.66. The first-order chi connectivity index (χ1) is 16.5. The SMILES string of the molecule is CCCO[C@@]12CCC[C@@H]3Oc4c(O)ccc5c4[C@@]31CC[N+](C)(CC1CC1)[C@@H]2C5.O=C([O-])C(F)(F)F. The molecule has 1 saturated heterocycles. The maximum atomic E-state index is 10.6. The van der Waals surface area contributed by atoms with Gasteiger partial charge in [0.25, 0.3) is 0 Å². The van der Waals surface area contributed by atoms with Crippen LogP contribution in [-0.4, -0.2) is 66.2 Å². The summed E-state index contributed by atoms with van der Waals surface area (Å²) in [7, 11) is 2.51. The number of carbonyl (C=O) groups is 1. The second-order valence-electron chi connectivity index (χ2n) is 11.2. The number of carboxylic acids is 1. The van der Waals surface area contributed by atoms with E-state index in [1.807, 2.05) is 6.07 Å². The Morgan fingerprint density at radius 1 is 1.29 bits per heavy atom. The highest BCUT2D eigenvalue weighted by atomic mass is 19.4. The van der Waals surface area contributed by atoms with Gasteiger partial charge in [-0.1, -0.05) is 13.0 Å². The van der Waals surface area contributed by atoms with E-state index in [1.54, 1.807) is 0 Å². The molecule has 3 fully saturated rings. The molecular formula is C26H34F3NO5. The number of phenolic OH excluding ortho intramolecular Hbond substituents is 1. The number of phenols is 1. The van der Waals surface area contributed by atoms with Gasteiger partial charge in [-0.15, -0.1) is 0 Å². The van der Waals surface area contributed by atoms with Crippen LogP contribution < -0.4 is 9.84 Å². The number of nitrogens with zero attached hydrogens (tertiary/aromatic N) is 1. The summed E-state index contributed by atoms with van der Waals surface area (Å²) in [6, 6.07) is 4.55. The third-order valence-corrected chi connectivity index (χ3v) is 9.14. The van der Waals surface area contributed by atoms with Gasteiger partial charge in [0, 0.05) is 30.9 Å². The molecule has 0 radical (unpaired) electrons. The Morgan fingerprint density at radius 3 is 2.63 bits per heavy atom. The molecular weight excluding hydrogens is 463 g/mol. The Kier molecular flexibility index (Phi) is 5.83. The molecule has 1 N–H and O–H groups in total. The molecule has 3 aliphatic carbocycles. The molecule has 2 bridgehead atoms. The van der Waals surface area contributed by atoms with E-state index in [9.17, 15) is 18.3 Å². The Morgan fingerprint density at radius 2 is 2.00 bits per heavy atom. The molecule has 9 heteroatoms. The van der Waals surface area contributed by atoms with Crippen molar-refractivity contribution in [1.82, 2.24) is 0 Å². The van der Waals surface area contributed by atoms with Crippen molar-refractivity contribution in [2.75, 3.05) is 26.7 Å². The van der Waals surface area contributed by atoms with Crippen molar-refractivity contribution in [2.24, 2.45) is 5.92 Å². The summed E-state index contributed by atoms with van der Waals surface area (Å²) in [5.41, 5.74) is 2.54. The smallest absolute Gasteiger partial charge is 0.430 e. The van der Waals surface area contributed by atoms with E-state index < -0.39 is 12.1 Å². The van der Waals surface area contributed by atoms with E-state index in [0.29, 0.717) is 11.8 Å². The van der Waals surface area contributed by atoms with E-state index in [4.69, 9.17) is 19.4 Å². The zero-order valence-corrected chi connectivity index (χ0v) is 20.3. The van der Waals surface area contributed by atoms with E-state index in [1.165, 1.54) is 48.0 Å². The van der Waals surface area contributed by atoms with E-state index in [-0.39, 0.29) is 17.1 Å². The minimum Gasteiger partial charge on any atom is -0.542 e. The first-order valence-corrected chi connectivity index (χ1v) is 12.8. The van der Waals surface area contributed by atoms with Gasteiger partial charge in [-0.3, -0.25) is 0 Å². The Labute approximate surface area is 203 Å². The Bertz CT molecular complexity index is 1010. The number of piperidine rings is 1. The molecule has 194 valence electrons. The average molecular weight is 498 g/mol. The molecule has 5 aliphatic rings. The first-order valence-electron chi connectivity index (χ1n) is 12.8. The summed E-state index contributed by atoms with van der Waals surface area (Å²) in [5.74, 6) is -0.984. The highest BCUT2D eigenvalue weighted by Gasteiger charge is 2.75. The summed E-state index contributed by atoms with van der Waals surface area (Å²) < 4.78 is 46.3. The van der Waals surface area contributed by atoms with Crippen LogP contribution in [0.4, 0.5) is 13.2 Å². The van der Waals surface area contributed by atoms with Crippen LogP contribution in [0.2, 0.25) is 0 Å². The second kappa shape index (κ2) is 8.26. The van der Waals surface area contributed by atoms with Gasteiger partial charge in [-0.2, -0.15) is 13.2 Å². The van der Waals surface area contributed by atoms with Crippen LogP contribution in [-0.2, 0) is 21.4 Å². The highest BCUT2D eigenvalue weighted by molar-refractivity contribution is 5.70. The summed E-state index contributed by atoms with van der Waals surface area (Å²) in [6.07, 6.45) is 4.44. The predicted molar refractivity (Wildman–Crippen MR) is 119 cm³/mol. The number of carbonyl (C=O) groups excluding carboxylic acids is 1. The maximum Gasteiger partial charge on any atom is 0.430 e. The molecule has 0 amide bonds. The number of ether oxygens (including phenoxy) is 2. The zero-order chi connectivity index (χ0) is 25.2. The van der Waals surface area contributed by atoms with Crippen molar-refractivity contribution in [1.29, 1.82) is 0 Å². The molecule has 2 saturated carbocycles. The largest absolute Gasteiger partial charge is 0.542 e. The van der Waals surface area contributed by atoms with E-state index in [0.717, 1.165) is 50.4 Å². The number of quaternary nitrogens is 1. The first kappa shape index (κ1) is 24.7. The molecule has 5 atom stereocenters. The summed E-state index contributed by atoms with van der Waals surface area (Å²) in [5, 5.41) is 19.4. The van der Waals surface area contributed by atoms with Crippen LogP contribution in [0.25, 0.3) is 0 Å². The fraction of sp³-hybridized carbons (Fsp3) is 0.731. The van der Waals surface area contributed by atoms with Gasteiger partial charge in [-0.05, 0) is 50.2 Å². The number of hydrogen-bond donors (Lipinski definition) is 1. The van der Waals surface area contributed by atoms with Gasteiger partial charge in [0.1, 0.15) is 23.7 Å². The molecule has 6 nitrogen and oxygen atoms in total. The van der Waals surface area contributed by atoms with Crippen molar-refractivity contribution in [3.63, 3.8) is 0 Å². The van der Waals surface area contributed by atoms with Gasteiger partial charge in [0.05, 0.1) is 25.6 Å². The number of aromatic hydroxyl groups is 1. The van der Waals surface area contributed by atoms with E-state index in [2.05, 4.69) is 20.0 Å². The molecule has 6 rings (SSSR count). The van der Waals surface area contributed by atoms with Crippen LogP contribution in [0, 0.1) is 5.92 Å². The fourth-order valence-corrected chi connectivity index (χ4v) is 7.69. The van der Waals surface area contributed by atoms with Crippen molar-refractivity contribution in [3.8, 4) is 11.5 Å². The van der Waals surface area contributed by atoms with Gasteiger partial charge >= 0.3 is 6.18 Å². The molecule has 0 aromatic heterocycles. The quantitative estimate of drug-likeness (QED) is 0.632. The molecule has 2 aliphatic heterocycles. The predicted octanol–water partition coefficient (Wildman–Crippen LogP) is 3.22. The van der Waals surface area contributed by atoms with Crippen molar-refractivity contribution < 1.29 is 42.1 Å². The van der Waals surface area contributed by atoms with Gasteiger partial charge in [-0.25, -0.2) is 0 Å². The fourth-order valence-electron chi connectivity index (χ4n) is 7.69. The van der Waals surface area contributed by atoms with Crippen molar-refractivity contribution in [2.45, 2.75) is 87.6 Å². The lowest BCUT2D eigenvalue weighted by molar-refractivity contribution is -0.951. The van der Waals surface area contributed by atoms with Crippen molar-refractivity contribution in [3.05, 3.63) is 23.3 Å². The van der Waals surface area contributed by atoms with Gasteiger partial charge in [0.15, 0.2) is 11.5 Å². The molecule has 1 aromatic carbocycles. The number of aliphatic carboxylic acids is 1. The number of alkyl halides is 3. The summed E-state index contributed by atoms with van der Waals surface area (Å²) >= 11 is 0. The standard InChI is InChI=1S/C24H33NO3.C2HF3O2/c1-3-13-27-24-10-4-5-20-23(24)11-12-25(2,15-16-6-7-16)19(24)14-17-8-9-18(26)22(28-20)21(17)23;3-2(4,5)1(6)7/h8-9,16,19-20H,3-7,10-15H2,1-2H3;(H,6,7)/t19-,20+,23-,24-,25?;/m1./s1. The van der Waals surface area contributed by atoms with Crippen LogP contribution in [0.1, 0.15) is 63.0 Å². The minimum atomic E-state index is -5.19. The number of benzene rings is 1. The van der Waals surface area contributed by atoms with Crippen molar-refractivity contribution >= 4 is 5.97 Å². The number of carboxylic acid groups (broad SMARTS) is 1. The van der Waals surface area contributed by atoms with Crippen LogP contribution in [0.15, 0.2) is 12.1 Å². The molecule has 1 aromatic rings. The van der Waals surface area contributed by atoms with Gasteiger partial charge < -0.3 is 29.0 Å². The van der Waals surface area contributed by atoms with Crippen LogP contribution in [0.5, 0.6) is 11.5 Å². The topological polar surface area (TPSA) is 78.8 Å². The molecule has 1 unspecified atom stereocenters. The third-order valence-electron chi connectivity index (χ3n) is 9.14. The second-order valence-corrected chi connectivity index (χ2v) is 11.2. The van der Waals surface area contributed by atoms with Crippen LogP contribution >= 0.6 is 0 Å². The monoisotopic (exact) mass is 497 g/mol. The lowest BCUT2D eigenvalue weighted by atomic mass is 9.48. The lowest BCUT2D eigenvalue weighted by Crippen LogP contribution is -2.80. The minimum absolute atomic E-state index is 0.0615. The van der Waals surface area contributed by atoms with Gasteiger partial charge in [0.2, 0.25) is 0 Å². The average Bonchev–Trinajstić information content (AvgIpc) is 3.53. The number of likely N-dealkylation sites (tertiary alicyclic amines) is 1. The number of rotatable bonds is 5. The summed E-state index contributed by atoms with van der Waals surface area (Å²) in [6.45, 7) is 5.58. The number of likely N-dealkylation sites (N-methyl/N-ethyl adjacent to an activating group) is 1. The number of hydrogen-bond acceptors (Lipinski definition) is 5. The number of halogens is 3. The maximum absolute atomic E-state index is 10.6. The Hall–Kier alpha value is -2.00. The molecule has 2 heterocycles. The molecule has 1 spiro atoms. The van der Waals surface area contributed by atoms with Crippen LogP contribution in [0.3, 0.4) is 0 Å². The van der Waals surface area contributed by atoms with E-state index >= 15 is 0 Å². The zero-order valence-electron chi connectivity index (χ0n) is 20.3.